The van der Waals surface area contributed by atoms with Gasteiger partial charge in [0.05, 0.1) is 6.61 Å². The second-order valence-electron chi connectivity index (χ2n) is 6.58. The lowest BCUT2D eigenvalue weighted by atomic mass is 9.94. The molecule has 1 fully saturated rings. The Morgan fingerprint density at radius 2 is 2.10 bits per heavy atom. The van der Waals surface area contributed by atoms with Crippen molar-refractivity contribution in [3.8, 4) is 5.75 Å². The Hall–Kier alpha value is -1.06. The fraction of sp³-hybridized carbons (Fsp3) is 0.667. The van der Waals surface area contributed by atoms with Crippen molar-refractivity contribution in [2.75, 3.05) is 39.8 Å². The van der Waals surface area contributed by atoms with E-state index in [1.807, 2.05) is 0 Å². The molecule has 2 aliphatic heterocycles. The normalized spacial score (nSPS) is 19.5. The average Bonchev–Trinajstić information content (AvgIpc) is 2.96. The highest BCUT2D eigenvalue weighted by molar-refractivity contribution is 5.39. The van der Waals surface area contributed by atoms with Gasteiger partial charge >= 0.3 is 0 Å². The Balaban J connectivity index is 1.31. The van der Waals surface area contributed by atoms with Crippen molar-refractivity contribution >= 4 is 0 Å². The predicted octanol–water partition coefficient (Wildman–Crippen LogP) is 2.49. The third-order valence-corrected chi connectivity index (χ3v) is 4.91. The summed E-state index contributed by atoms with van der Waals surface area (Å²) in [6, 6.07) is 6.67. The molecule has 3 nitrogen and oxygen atoms in total. The fourth-order valence-electron chi connectivity index (χ4n) is 3.41. The lowest BCUT2D eigenvalue weighted by Crippen LogP contribution is -2.31. The first kappa shape index (κ1) is 14.9. The van der Waals surface area contributed by atoms with Gasteiger partial charge in [-0.05, 0) is 82.0 Å². The molecule has 0 unspecified atom stereocenters. The standard InChI is InChI=1S/C18H28N2O/c1-20-11-6-15(7-12-20)4-9-19-10-5-16-2-3-18-17(14-16)8-13-21-18/h2-3,14-15,19H,4-13H2,1H3. The molecule has 0 spiro atoms. The van der Waals surface area contributed by atoms with Crippen LogP contribution in [0.4, 0.5) is 0 Å². The quantitative estimate of drug-likeness (QED) is 0.814. The summed E-state index contributed by atoms with van der Waals surface area (Å²) < 4.78 is 5.55. The van der Waals surface area contributed by atoms with Crippen molar-refractivity contribution in [1.29, 1.82) is 0 Å². The van der Waals surface area contributed by atoms with Crippen LogP contribution >= 0.6 is 0 Å². The minimum atomic E-state index is 0.855. The van der Waals surface area contributed by atoms with Gasteiger partial charge in [-0.3, -0.25) is 0 Å². The van der Waals surface area contributed by atoms with Crippen molar-refractivity contribution in [3.05, 3.63) is 29.3 Å². The number of nitrogens with one attached hydrogen (secondary N) is 1. The molecule has 0 radical (unpaired) electrons. The molecule has 3 heteroatoms. The molecular formula is C18H28N2O. The largest absolute Gasteiger partial charge is 0.493 e. The minimum absolute atomic E-state index is 0.855. The zero-order chi connectivity index (χ0) is 14.5. The van der Waals surface area contributed by atoms with Crippen molar-refractivity contribution in [2.45, 2.75) is 32.1 Å². The predicted molar refractivity (Wildman–Crippen MR) is 87.1 cm³/mol. The first-order chi connectivity index (χ1) is 10.3. The zero-order valence-corrected chi connectivity index (χ0v) is 13.2. The second kappa shape index (κ2) is 7.28. The summed E-state index contributed by atoms with van der Waals surface area (Å²) in [6.07, 6.45) is 6.30. The summed E-state index contributed by atoms with van der Waals surface area (Å²) in [5.41, 5.74) is 2.82. The number of fused-ring (bicyclic) bond motifs is 1. The highest BCUT2D eigenvalue weighted by atomic mass is 16.5. The second-order valence-corrected chi connectivity index (χ2v) is 6.58. The number of ether oxygens (including phenoxy) is 1. The molecule has 0 amide bonds. The highest BCUT2D eigenvalue weighted by Gasteiger charge is 2.16. The van der Waals surface area contributed by atoms with E-state index in [-0.39, 0.29) is 0 Å². The monoisotopic (exact) mass is 288 g/mol. The molecule has 0 saturated carbocycles. The van der Waals surface area contributed by atoms with E-state index in [9.17, 15) is 0 Å². The Labute approximate surface area is 128 Å². The van der Waals surface area contributed by atoms with E-state index in [1.54, 1.807) is 0 Å². The van der Waals surface area contributed by atoms with Gasteiger partial charge in [0.2, 0.25) is 0 Å². The van der Waals surface area contributed by atoms with Crippen molar-refractivity contribution in [3.63, 3.8) is 0 Å². The molecular weight excluding hydrogens is 260 g/mol. The zero-order valence-electron chi connectivity index (χ0n) is 13.2. The van der Waals surface area contributed by atoms with Crippen molar-refractivity contribution < 1.29 is 4.74 Å². The van der Waals surface area contributed by atoms with Crippen molar-refractivity contribution in [2.24, 2.45) is 5.92 Å². The van der Waals surface area contributed by atoms with E-state index in [0.29, 0.717) is 0 Å². The Morgan fingerprint density at radius 1 is 1.24 bits per heavy atom. The van der Waals surface area contributed by atoms with Crippen LogP contribution in [0.1, 0.15) is 30.4 Å². The minimum Gasteiger partial charge on any atom is -0.493 e. The molecule has 2 heterocycles. The van der Waals surface area contributed by atoms with Gasteiger partial charge in [0.1, 0.15) is 5.75 Å². The Morgan fingerprint density at radius 3 is 2.95 bits per heavy atom. The molecule has 0 bridgehead atoms. The van der Waals surface area contributed by atoms with Crippen LogP contribution in [0.2, 0.25) is 0 Å². The van der Waals surface area contributed by atoms with Gasteiger partial charge in [-0.15, -0.1) is 0 Å². The van der Waals surface area contributed by atoms with Gasteiger partial charge in [0.15, 0.2) is 0 Å². The number of rotatable bonds is 6. The van der Waals surface area contributed by atoms with Gasteiger partial charge < -0.3 is 15.0 Å². The fourth-order valence-corrected chi connectivity index (χ4v) is 3.41. The highest BCUT2D eigenvalue weighted by Crippen LogP contribution is 2.25. The molecule has 3 rings (SSSR count). The van der Waals surface area contributed by atoms with E-state index < -0.39 is 0 Å². The van der Waals surface area contributed by atoms with Crippen LogP contribution < -0.4 is 10.1 Å². The van der Waals surface area contributed by atoms with Crippen LogP contribution in [0.3, 0.4) is 0 Å². The molecule has 1 aromatic carbocycles. The molecule has 1 saturated heterocycles. The third kappa shape index (κ3) is 4.21. The number of nitrogens with zero attached hydrogens (tertiary/aromatic N) is 1. The average molecular weight is 288 g/mol. The van der Waals surface area contributed by atoms with Crippen LogP contribution in [-0.4, -0.2) is 44.7 Å². The number of piperidine rings is 1. The maximum atomic E-state index is 5.55. The lowest BCUT2D eigenvalue weighted by molar-refractivity contribution is 0.212. The molecule has 0 atom stereocenters. The topological polar surface area (TPSA) is 24.5 Å². The SMILES string of the molecule is CN1CCC(CCNCCc2ccc3c(c2)CCO3)CC1. The van der Waals surface area contributed by atoms with Crippen LogP contribution in [0.5, 0.6) is 5.75 Å². The Bertz CT molecular complexity index is 453. The summed E-state index contributed by atoms with van der Waals surface area (Å²) in [5.74, 6) is 2.03. The van der Waals surface area contributed by atoms with Crippen LogP contribution in [-0.2, 0) is 12.8 Å². The maximum Gasteiger partial charge on any atom is 0.122 e. The van der Waals surface area contributed by atoms with Gasteiger partial charge in [0.25, 0.3) is 0 Å². The summed E-state index contributed by atoms with van der Waals surface area (Å²) in [5, 5.41) is 3.62. The maximum absolute atomic E-state index is 5.55. The smallest absolute Gasteiger partial charge is 0.122 e. The van der Waals surface area contributed by atoms with Gasteiger partial charge in [0, 0.05) is 6.42 Å². The molecule has 1 aromatic rings. The summed E-state index contributed by atoms with van der Waals surface area (Å²) in [4.78, 5) is 2.45. The molecule has 2 aliphatic rings. The molecule has 1 N–H and O–H groups in total. The van der Waals surface area contributed by atoms with E-state index in [1.165, 1.54) is 50.0 Å². The molecule has 0 aliphatic carbocycles. The van der Waals surface area contributed by atoms with Gasteiger partial charge in [-0.25, -0.2) is 0 Å². The van der Waals surface area contributed by atoms with Crippen LogP contribution in [0, 0.1) is 5.92 Å². The van der Waals surface area contributed by atoms with Crippen LogP contribution in [0.15, 0.2) is 18.2 Å². The summed E-state index contributed by atoms with van der Waals surface area (Å²) in [7, 11) is 2.23. The van der Waals surface area contributed by atoms with Gasteiger partial charge in [-0.1, -0.05) is 12.1 Å². The van der Waals surface area contributed by atoms with E-state index in [2.05, 4.69) is 35.5 Å². The third-order valence-electron chi connectivity index (χ3n) is 4.91. The lowest BCUT2D eigenvalue weighted by Gasteiger charge is -2.28. The first-order valence-corrected chi connectivity index (χ1v) is 8.45. The van der Waals surface area contributed by atoms with Gasteiger partial charge in [-0.2, -0.15) is 0 Å². The molecule has 21 heavy (non-hydrogen) atoms. The molecule has 116 valence electrons. The number of hydrogen-bond acceptors (Lipinski definition) is 3. The molecule has 0 aromatic heterocycles. The van der Waals surface area contributed by atoms with Crippen LogP contribution in [0.25, 0.3) is 0 Å². The van der Waals surface area contributed by atoms with E-state index >= 15 is 0 Å². The van der Waals surface area contributed by atoms with Crippen molar-refractivity contribution in [1.82, 2.24) is 10.2 Å². The number of likely N-dealkylation sites (tertiary alicyclic amines) is 1. The number of hydrogen-bond donors (Lipinski definition) is 1. The Kier molecular flexibility index (Phi) is 5.15. The van der Waals surface area contributed by atoms with E-state index in [4.69, 9.17) is 4.74 Å². The first-order valence-electron chi connectivity index (χ1n) is 8.45. The summed E-state index contributed by atoms with van der Waals surface area (Å²) >= 11 is 0. The van der Waals surface area contributed by atoms with E-state index in [0.717, 1.165) is 37.7 Å². The number of benzene rings is 1. The summed E-state index contributed by atoms with van der Waals surface area (Å²) in [6.45, 7) is 5.67.